The molecule has 0 fully saturated rings. The number of carbonyl (C=O) groups is 1. The Hall–Kier alpha value is -1.20. The lowest BCUT2D eigenvalue weighted by molar-refractivity contribution is -0.121. The SMILES string of the molecule is CC/C=C\C/C=C\C/C=C\CCCCCCCC(=O)NCCS(=O)O. The van der Waals surface area contributed by atoms with Gasteiger partial charge in [-0.15, -0.1) is 0 Å². The molecule has 144 valence electrons. The number of rotatable bonds is 16. The first kappa shape index (κ1) is 23.8. The lowest BCUT2D eigenvalue weighted by atomic mass is 10.1. The summed E-state index contributed by atoms with van der Waals surface area (Å²) in [6, 6.07) is 0. The molecule has 4 nitrogen and oxygen atoms in total. The molecule has 0 aromatic rings. The fraction of sp³-hybridized carbons (Fsp3) is 0.650. The van der Waals surface area contributed by atoms with E-state index < -0.39 is 11.1 Å². The van der Waals surface area contributed by atoms with Gasteiger partial charge in [-0.1, -0.05) is 62.6 Å². The molecule has 0 heterocycles. The highest BCUT2D eigenvalue weighted by Gasteiger charge is 2.01. The fourth-order valence-electron chi connectivity index (χ4n) is 2.27. The van der Waals surface area contributed by atoms with Gasteiger partial charge in [0.1, 0.15) is 0 Å². The van der Waals surface area contributed by atoms with E-state index in [9.17, 15) is 9.00 Å². The fourth-order valence-corrected chi connectivity index (χ4v) is 2.55. The number of hydrogen-bond donors (Lipinski definition) is 2. The average Bonchev–Trinajstić information content (AvgIpc) is 2.58. The molecule has 1 amide bonds. The van der Waals surface area contributed by atoms with Gasteiger partial charge in [0.05, 0.1) is 5.75 Å². The summed E-state index contributed by atoms with van der Waals surface area (Å²) >= 11 is -1.83. The van der Waals surface area contributed by atoms with Crippen LogP contribution in [0.5, 0.6) is 0 Å². The highest BCUT2D eigenvalue weighted by Crippen LogP contribution is 2.08. The van der Waals surface area contributed by atoms with Crippen LogP contribution in [0.1, 0.15) is 71.1 Å². The van der Waals surface area contributed by atoms with Crippen molar-refractivity contribution in [3.63, 3.8) is 0 Å². The largest absolute Gasteiger partial charge is 0.355 e. The molecular weight excluding hydrogens is 334 g/mol. The van der Waals surface area contributed by atoms with E-state index >= 15 is 0 Å². The lowest BCUT2D eigenvalue weighted by Gasteiger charge is -2.03. The van der Waals surface area contributed by atoms with Gasteiger partial charge in [-0.2, -0.15) is 0 Å². The molecule has 0 bridgehead atoms. The van der Waals surface area contributed by atoms with Crippen molar-refractivity contribution in [2.24, 2.45) is 0 Å². The highest BCUT2D eigenvalue weighted by atomic mass is 32.2. The van der Waals surface area contributed by atoms with Crippen LogP contribution in [0.15, 0.2) is 36.5 Å². The summed E-state index contributed by atoms with van der Waals surface area (Å²) in [6.07, 6.45) is 23.6. The first-order valence-electron chi connectivity index (χ1n) is 9.46. The second kappa shape index (κ2) is 19.1. The molecule has 0 aliphatic carbocycles. The van der Waals surface area contributed by atoms with Gasteiger partial charge < -0.3 is 9.87 Å². The monoisotopic (exact) mass is 369 g/mol. The normalized spacial score (nSPS) is 13.2. The van der Waals surface area contributed by atoms with Crippen LogP contribution in [-0.2, 0) is 15.9 Å². The summed E-state index contributed by atoms with van der Waals surface area (Å²) in [5, 5.41) is 2.65. The number of hydrogen-bond acceptors (Lipinski definition) is 2. The standard InChI is InChI=1S/C20H35NO3S/c1-2-3-4-5-6-7-8-9-10-11-12-13-14-15-16-17-20(22)21-18-19-25(23)24/h3-4,6-7,9-10H,2,5,8,11-19H2,1H3,(H,21,22)(H,23,24)/b4-3-,7-6-,10-9-. The van der Waals surface area contributed by atoms with Crippen molar-refractivity contribution >= 4 is 17.0 Å². The van der Waals surface area contributed by atoms with E-state index in [1.165, 1.54) is 12.8 Å². The smallest absolute Gasteiger partial charge is 0.220 e. The third-order valence-corrected chi connectivity index (χ3v) is 4.21. The Morgan fingerprint density at radius 2 is 1.52 bits per heavy atom. The Morgan fingerprint density at radius 3 is 2.20 bits per heavy atom. The molecule has 1 atom stereocenters. The van der Waals surface area contributed by atoms with Crippen molar-refractivity contribution in [3.05, 3.63) is 36.5 Å². The topological polar surface area (TPSA) is 66.4 Å². The van der Waals surface area contributed by atoms with Crippen LogP contribution in [-0.4, -0.2) is 27.0 Å². The van der Waals surface area contributed by atoms with Crippen LogP contribution in [0.2, 0.25) is 0 Å². The second-order valence-corrected chi connectivity index (χ2v) is 7.03. The van der Waals surface area contributed by atoms with Crippen molar-refractivity contribution in [3.8, 4) is 0 Å². The zero-order chi connectivity index (χ0) is 18.6. The zero-order valence-corrected chi connectivity index (χ0v) is 16.4. The van der Waals surface area contributed by atoms with E-state index in [1.807, 2.05) is 0 Å². The van der Waals surface area contributed by atoms with Crippen molar-refractivity contribution < 1.29 is 13.6 Å². The lowest BCUT2D eigenvalue weighted by Crippen LogP contribution is -2.27. The molecule has 0 aromatic carbocycles. The van der Waals surface area contributed by atoms with Gasteiger partial charge in [0.15, 0.2) is 11.1 Å². The Bertz CT molecular complexity index is 431. The van der Waals surface area contributed by atoms with Crippen LogP contribution in [0, 0.1) is 0 Å². The molecule has 1 unspecified atom stereocenters. The summed E-state index contributed by atoms with van der Waals surface area (Å²) < 4.78 is 19.0. The first-order valence-corrected chi connectivity index (χ1v) is 10.7. The predicted octanol–water partition coefficient (Wildman–Crippen LogP) is 4.91. The molecule has 0 radical (unpaired) electrons. The van der Waals surface area contributed by atoms with Gasteiger partial charge in [-0.25, -0.2) is 4.21 Å². The van der Waals surface area contributed by atoms with Crippen molar-refractivity contribution in [2.75, 3.05) is 12.3 Å². The minimum atomic E-state index is -1.83. The maximum absolute atomic E-state index is 11.4. The average molecular weight is 370 g/mol. The summed E-state index contributed by atoms with van der Waals surface area (Å²) in [5.41, 5.74) is 0. The summed E-state index contributed by atoms with van der Waals surface area (Å²) in [5.74, 6) is 0.0805. The molecule has 25 heavy (non-hydrogen) atoms. The van der Waals surface area contributed by atoms with Crippen molar-refractivity contribution in [2.45, 2.75) is 71.1 Å². The van der Waals surface area contributed by atoms with Gasteiger partial charge in [0, 0.05) is 13.0 Å². The third kappa shape index (κ3) is 20.8. The Labute approximate surface area is 156 Å². The van der Waals surface area contributed by atoms with E-state index in [1.54, 1.807) is 0 Å². The Balaban J connectivity index is 3.32. The molecule has 0 aromatic heterocycles. The molecule has 0 aliphatic heterocycles. The number of unbranched alkanes of at least 4 members (excludes halogenated alkanes) is 5. The molecule has 0 saturated carbocycles. The molecule has 0 aliphatic rings. The van der Waals surface area contributed by atoms with Gasteiger partial charge >= 0.3 is 0 Å². The van der Waals surface area contributed by atoms with Crippen molar-refractivity contribution in [1.29, 1.82) is 0 Å². The number of amides is 1. The maximum Gasteiger partial charge on any atom is 0.220 e. The zero-order valence-electron chi connectivity index (χ0n) is 15.6. The van der Waals surface area contributed by atoms with E-state index in [2.05, 4.69) is 48.7 Å². The predicted molar refractivity (Wildman–Crippen MR) is 108 cm³/mol. The van der Waals surface area contributed by atoms with E-state index in [4.69, 9.17) is 4.55 Å². The van der Waals surface area contributed by atoms with E-state index in [-0.39, 0.29) is 18.2 Å². The molecule has 0 spiro atoms. The minimum absolute atomic E-state index is 0.0216. The van der Waals surface area contributed by atoms with Gasteiger partial charge in [-0.3, -0.25) is 4.79 Å². The van der Waals surface area contributed by atoms with Gasteiger partial charge in [0.2, 0.25) is 5.91 Å². The van der Waals surface area contributed by atoms with Crippen LogP contribution in [0.4, 0.5) is 0 Å². The van der Waals surface area contributed by atoms with Crippen LogP contribution >= 0.6 is 0 Å². The Morgan fingerprint density at radius 1 is 0.920 bits per heavy atom. The van der Waals surface area contributed by atoms with Crippen LogP contribution in [0.25, 0.3) is 0 Å². The summed E-state index contributed by atoms with van der Waals surface area (Å²) in [4.78, 5) is 11.4. The quantitative estimate of drug-likeness (QED) is 0.231. The number of nitrogens with one attached hydrogen (secondary N) is 1. The second-order valence-electron chi connectivity index (χ2n) is 5.98. The van der Waals surface area contributed by atoms with Gasteiger partial charge in [0.25, 0.3) is 0 Å². The molecule has 0 saturated heterocycles. The molecular formula is C20H35NO3S. The molecule has 0 rings (SSSR count). The van der Waals surface area contributed by atoms with Gasteiger partial charge in [-0.05, 0) is 38.5 Å². The van der Waals surface area contributed by atoms with E-state index in [0.29, 0.717) is 6.42 Å². The number of carbonyl (C=O) groups excluding carboxylic acids is 1. The van der Waals surface area contributed by atoms with Crippen LogP contribution < -0.4 is 5.32 Å². The van der Waals surface area contributed by atoms with E-state index in [0.717, 1.165) is 44.9 Å². The summed E-state index contributed by atoms with van der Waals surface area (Å²) in [6.45, 7) is 2.42. The first-order chi connectivity index (χ1) is 12.2. The summed E-state index contributed by atoms with van der Waals surface area (Å²) in [7, 11) is 0. The Kier molecular flexibility index (Phi) is 18.2. The molecule has 2 N–H and O–H groups in total. The van der Waals surface area contributed by atoms with Crippen LogP contribution in [0.3, 0.4) is 0 Å². The van der Waals surface area contributed by atoms with Crippen molar-refractivity contribution in [1.82, 2.24) is 5.32 Å². The number of allylic oxidation sites excluding steroid dienone is 6. The minimum Gasteiger partial charge on any atom is -0.355 e. The maximum atomic E-state index is 11.4. The third-order valence-electron chi connectivity index (χ3n) is 3.65. The molecule has 5 heteroatoms. The highest BCUT2D eigenvalue weighted by molar-refractivity contribution is 7.79.